The highest BCUT2D eigenvalue weighted by molar-refractivity contribution is 7.99. The molecule has 0 aliphatic rings. The second-order valence-corrected chi connectivity index (χ2v) is 10.7. The maximum absolute atomic E-state index is 13.3. The minimum atomic E-state index is -0.582. The Hall–Kier alpha value is -1.40. The zero-order valence-corrected chi connectivity index (χ0v) is 21.8. The maximum Gasteiger partial charge on any atom is 0.243 e. The Kier molecular flexibility index (Phi) is 10.2. The van der Waals surface area contributed by atoms with Gasteiger partial charge in [0.15, 0.2) is 0 Å². The number of halogens is 3. The minimum absolute atomic E-state index is 0.121. The van der Waals surface area contributed by atoms with Gasteiger partial charge < -0.3 is 10.2 Å². The topological polar surface area (TPSA) is 49.4 Å². The summed E-state index contributed by atoms with van der Waals surface area (Å²) >= 11 is 19.9. The SMILES string of the molecule is CCC(C(=O)NC(C)(C)C)N(Cc1ccc(Cl)cc1)C(=O)CSCc1c(Cl)cccc1Cl. The molecule has 0 saturated carbocycles. The van der Waals surface area contributed by atoms with Gasteiger partial charge in [-0.2, -0.15) is 0 Å². The van der Waals surface area contributed by atoms with Gasteiger partial charge >= 0.3 is 0 Å². The summed E-state index contributed by atoms with van der Waals surface area (Å²) in [6.45, 7) is 8.00. The molecule has 2 aromatic rings. The number of amides is 2. The number of benzene rings is 2. The van der Waals surface area contributed by atoms with Crippen molar-refractivity contribution in [3.05, 3.63) is 68.7 Å². The largest absolute Gasteiger partial charge is 0.350 e. The molecule has 0 fully saturated rings. The van der Waals surface area contributed by atoms with Crippen LogP contribution in [0, 0.1) is 0 Å². The van der Waals surface area contributed by atoms with Crippen molar-refractivity contribution in [3.63, 3.8) is 0 Å². The van der Waals surface area contributed by atoms with Crippen molar-refractivity contribution in [2.45, 2.75) is 58.0 Å². The zero-order valence-electron chi connectivity index (χ0n) is 18.8. The van der Waals surface area contributed by atoms with E-state index in [1.165, 1.54) is 11.8 Å². The van der Waals surface area contributed by atoms with E-state index in [0.29, 0.717) is 33.8 Å². The molecule has 1 unspecified atom stereocenters. The Bertz CT molecular complexity index is 910. The molecule has 0 aromatic heterocycles. The molecular formula is C24H29Cl3N2O2S. The summed E-state index contributed by atoms with van der Waals surface area (Å²) in [5.41, 5.74) is 1.31. The Labute approximate surface area is 210 Å². The Balaban J connectivity index is 2.18. The van der Waals surface area contributed by atoms with Crippen molar-refractivity contribution in [2.75, 3.05) is 5.75 Å². The first kappa shape index (κ1) is 26.8. The van der Waals surface area contributed by atoms with Crippen LogP contribution in [0.25, 0.3) is 0 Å². The number of hydrogen-bond donors (Lipinski definition) is 1. The second-order valence-electron chi connectivity index (χ2n) is 8.50. The summed E-state index contributed by atoms with van der Waals surface area (Å²) in [7, 11) is 0. The highest BCUT2D eigenvalue weighted by atomic mass is 35.5. The maximum atomic E-state index is 13.3. The summed E-state index contributed by atoms with van der Waals surface area (Å²) in [6.07, 6.45) is 0.502. The van der Waals surface area contributed by atoms with Crippen molar-refractivity contribution < 1.29 is 9.59 Å². The predicted molar refractivity (Wildman–Crippen MR) is 137 cm³/mol. The van der Waals surface area contributed by atoms with Crippen LogP contribution in [-0.2, 0) is 21.9 Å². The van der Waals surface area contributed by atoms with Crippen LogP contribution in [-0.4, -0.2) is 34.0 Å². The lowest BCUT2D eigenvalue weighted by molar-refractivity contribution is -0.140. The first-order valence-corrected chi connectivity index (χ1v) is 12.7. The average Bonchev–Trinajstić information content (AvgIpc) is 2.70. The average molecular weight is 516 g/mol. The van der Waals surface area contributed by atoms with Crippen molar-refractivity contribution in [3.8, 4) is 0 Å². The van der Waals surface area contributed by atoms with Crippen molar-refractivity contribution in [2.24, 2.45) is 0 Å². The predicted octanol–water partition coefficient (Wildman–Crippen LogP) is 6.60. The van der Waals surface area contributed by atoms with Crippen LogP contribution in [0.15, 0.2) is 42.5 Å². The van der Waals surface area contributed by atoms with Crippen LogP contribution in [0.2, 0.25) is 15.1 Å². The van der Waals surface area contributed by atoms with E-state index in [1.807, 2.05) is 39.8 Å². The van der Waals surface area contributed by atoms with E-state index in [0.717, 1.165) is 11.1 Å². The summed E-state index contributed by atoms with van der Waals surface area (Å²) in [4.78, 5) is 27.9. The van der Waals surface area contributed by atoms with E-state index in [4.69, 9.17) is 34.8 Å². The molecule has 174 valence electrons. The molecule has 0 aliphatic heterocycles. The zero-order chi connectivity index (χ0) is 23.9. The van der Waals surface area contributed by atoms with Crippen LogP contribution in [0.4, 0.5) is 0 Å². The van der Waals surface area contributed by atoms with Gasteiger partial charge in [-0.3, -0.25) is 9.59 Å². The molecule has 1 atom stereocenters. The number of carbonyl (C=O) groups is 2. The fourth-order valence-electron chi connectivity index (χ4n) is 3.15. The van der Waals surface area contributed by atoms with Crippen molar-refractivity contribution in [1.82, 2.24) is 10.2 Å². The first-order chi connectivity index (χ1) is 15.0. The Morgan fingerprint density at radius 2 is 1.62 bits per heavy atom. The number of carbonyl (C=O) groups excluding carboxylic acids is 2. The molecule has 32 heavy (non-hydrogen) atoms. The number of rotatable bonds is 9. The van der Waals surface area contributed by atoms with E-state index in [1.54, 1.807) is 35.2 Å². The van der Waals surface area contributed by atoms with Gasteiger partial charge in [-0.1, -0.05) is 59.9 Å². The molecule has 2 rings (SSSR count). The molecular weight excluding hydrogens is 487 g/mol. The third kappa shape index (κ3) is 8.18. The molecule has 0 spiro atoms. The van der Waals surface area contributed by atoms with Crippen molar-refractivity contribution in [1.29, 1.82) is 0 Å². The van der Waals surface area contributed by atoms with E-state index < -0.39 is 11.6 Å². The molecule has 0 aliphatic carbocycles. The van der Waals surface area contributed by atoms with Gasteiger partial charge in [0.1, 0.15) is 6.04 Å². The van der Waals surface area contributed by atoms with Crippen LogP contribution in [0.5, 0.6) is 0 Å². The highest BCUT2D eigenvalue weighted by Gasteiger charge is 2.30. The molecule has 0 saturated heterocycles. The Morgan fingerprint density at radius 3 is 2.16 bits per heavy atom. The first-order valence-electron chi connectivity index (χ1n) is 10.4. The van der Waals surface area contributed by atoms with Crippen LogP contribution in [0.1, 0.15) is 45.2 Å². The molecule has 4 nitrogen and oxygen atoms in total. The fourth-order valence-corrected chi connectivity index (χ4v) is 4.93. The van der Waals surface area contributed by atoms with Crippen LogP contribution >= 0.6 is 46.6 Å². The quantitative estimate of drug-likeness (QED) is 0.409. The van der Waals surface area contributed by atoms with Gasteiger partial charge in [-0.05, 0) is 62.6 Å². The standard InChI is InChI=1S/C24H29Cl3N2O2S/c1-5-21(23(31)28-24(2,3)4)29(13-16-9-11-17(25)12-10-16)22(30)15-32-14-18-19(26)7-6-8-20(18)27/h6-12,21H,5,13-15H2,1-4H3,(H,28,31). The van der Waals surface area contributed by atoms with Crippen LogP contribution < -0.4 is 5.32 Å². The number of nitrogens with one attached hydrogen (secondary N) is 1. The van der Waals surface area contributed by atoms with E-state index in [-0.39, 0.29) is 17.6 Å². The van der Waals surface area contributed by atoms with E-state index in [2.05, 4.69) is 5.32 Å². The molecule has 0 radical (unpaired) electrons. The van der Waals surface area contributed by atoms with Gasteiger partial charge in [-0.15, -0.1) is 11.8 Å². The third-order valence-corrected chi connectivity index (χ3v) is 6.59. The lowest BCUT2D eigenvalue weighted by atomic mass is 10.1. The van der Waals surface area contributed by atoms with Gasteiger partial charge in [0.2, 0.25) is 11.8 Å². The van der Waals surface area contributed by atoms with Gasteiger partial charge in [-0.25, -0.2) is 0 Å². The number of hydrogen-bond acceptors (Lipinski definition) is 3. The number of nitrogens with zero attached hydrogens (tertiary/aromatic N) is 1. The highest BCUT2D eigenvalue weighted by Crippen LogP contribution is 2.28. The van der Waals surface area contributed by atoms with Crippen LogP contribution in [0.3, 0.4) is 0 Å². The van der Waals surface area contributed by atoms with Gasteiger partial charge in [0.05, 0.1) is 5.75 Å². The fraction of sp³-hybridized carbons (Fsp3) is 0.417. The van der Waals surface area contributed by atoms with E-state index >= 15 is 0 Å². The van der Waals surface area contributed by atoms with Crippen molar-refractivity contribution >= 4 is 58.4 Å². The molecule has 2 aromatic carbocycles. The summed E-state index contributed by atoms with van der Waals surface area (Å²) in [5.74, 6) is 0.420. The monoisotopic (exact) mass is 514 g/mol. The third-order valence-electron chi connectivity index (χ3n) is 4.68. The van der Waals surface area contributed by atoms with E-state index in [9.17, 15) is 9.59 Å². The lowest BCUT2D eigenvalue weighted by Gasteiger charge is -2.33. The molecule has 1 N–H and O–H groups in total. The molecule has 0 bridgehead atoms. The molecule has 0 heterocycles. The lowest BCUT2D eigenvalue weighted by Crippen LogP contribution is -2.53. The van der Waals surface area contributed by atoms with Gasteiger partial charge in [0.25, 0.3) is 0 Å². The normalized spacial score (nSPS) is 12.3. The Morgan fingerprint density at radius 1 is 1.03 bits per heavy atom. The summed E-state index contributed by atoms with van der Waals surface area (Å²) < 4.78 is 0. The molecule has 8 heteroatoms. The van der Waals surface area contributed by atoms with Gasteiger partial charge in [0, 0.05) is 32.9 Å². The smallest absolute Gasteiger partial charge is 0.243 e. The number of thioether (sulfide) groups is 1. The molecule has 2 amide bonds. The second kappa shape index (κ2) is 12.2. The summed E-state index contributed by atoms with van der Waals surface area (Å²) in [6, 6.07) is 12.1. The minimum Gasteiger partial charge on any atom is -0.350 e. The summed E-state index contributed by atoms with van der Waals surface area (Å²) in [5, 5.41) is 4.77.